The summed E-state index contributed by atoms with van der Waals surface area (Å²) < 4.78 is 5.47. The minimum Gasteiger partial charge on any atom is -0.465 e. The number of nitrogens with one attached hydrogen (secondary N) is 1. The molecule has 0 aliphatic heterocycles. The summed E-state index contributed by atoms with van der Waals surface area (Å²) in [5.74, 6) is -0.121. The van der Waals surface area contributed by atoms with Crippen LogP contribution in [0.25, 0.3) is 0 Å². The van der Waals surface area contributed by atoms with E-state index in [1.165, 1.54) is 19.3 Å². The lowest BCUT2D eigenvalue weighted by atomic mass is 9.84. The Balaban J connectivity index is 2.03. The van der Waals surface area contributed by atoms with E-state index in [2.05, 4.69) is 18.5 Å². The molecule has 1 saturated carbocycles. The van der Waals surface area contributed by atoms with Gasteiger partial charge in [-0.15, -0.1) is 0 Å². The number of unbranched alkanes of at least 4 members (excludes halogenated alkanes) is 1. The summed E-state index contributed by atoms with van der Waals surface area (Å²) in [5.41, 5.74) is 0. The minimum atomic E-state index is -0.121. The molecule has 0 aromatic carbocycles. The van der Waals surface area contributed by atoms with E-state index in [0.29, 0.717) is 17.9 Å². The predicted octanol–water partition coefficient (Wildman–Crippen LogP) is 2.21. The van der Waals surface area contributed by atoms with Crippen molar-refractivity contribution in [3.05, 3.63) is 0 Å². The molecule has 3 nitrogen and oxygen atoms in total. The van der Waals surface area contributed by atoms with Crippen LogP contribution in [0.3, 0.4) is 0 Å². The fourth-order valence-corrected chi connectivity index (χ4v) is 2.74. The fourth-order valence-electron chi connectivity index (χ4n) is 1.80. The monoisotopic (exact) mass is 245 g/mol. The smallest absolute Gasteiger partial charge is 0.319 e. The number of carbonyl (C=O) groups is 1. The zero-order valence-electron chi connectivity index (χ0n) is 10.4. The van der Waals surface area contributed by atoms with E-state index in [4.69, 9.17) is 4.74 Å². The largest absolute Gasteiger partial charge is 0.465 e. The zero-order valence-corrected chi connectivity index (χ0v) is 11.2. The second kappa shape index (κ2) is 7.17. The normalized spacial score (nSPS) is 17.9. The number of hydrogen-bond acceptors (Lipinski definition) is 4. The van der Waals surface area contributed by atoms with Crippen LogP contribution in [0, 0.1) is 0 Å². The standard InChI is InChI=1S/C12H23NO2S/c1-3-4-8-15-11(14)9-13-10-12(16-2)6-5-7-12/h13H,3-10H2,1-2H3. The molecule has 0 atom stereocenters. The predicted molar refractivity (Wildman–Crippen MR) is 68.8 cm³/mol. The summed E-state index contributed by atoms with van der Waals surface area (Å²) in [6.45, 7) is 3.93. The van der Waals surface area contributed by atoms with Gasteiger partial charge in [-0.1, -0.05) is 19.8 Å². The van der Waals surface area contributed by atoms with Gasteiger partial charge in [0.2, 0.25) is 0 Å². The third kappa shape index (κ3) is 4.34. The van der Waals surface area contributed by atoms with Gasteiger partial charge in [-0.3, -0.25) is 4.79 Å². The van der Waals surface area contributed by atoms with E-state index in [1.54, 1.807) is 0 Å². The second-order valence-electron chi connectivity index (χ2n) is 4.42. The Morgan fingerprint density at radius 3 is 2.75 bits per heavy atom. The molecule has 1 aliphatic carbocycles. The van der Waals surface area contributed by atoms with Crippen molar-refractivity contribution < 1.29 is 9.53 Å². The molecule has 0 aromatic heterocycles. The fraction of sp³-hybridized carbons (Fsp3) is 0.917. The van der Waals surface area contributed by atoms with E-state index >= 15 is 0 Å². The zero-order chi connectivity index (χ0) is 11.9. The molecule has 0 amide bonds. The Morgan fingerprint density at radius 2 is 2.25 bits per heavy atom. The summed E-state index contributed by atoms with van der Waals surface area (Å²) in [6.07, 6.45) is 8.04. The van der Waals surface area contributed by atoms with E-state index < -0.39 is 0 Å². The minimum absolute atomic E-state index is 0.121. The van der Waals surface area contributed by atoms with Crippen LogP contribution in [0.5, 0.6) is 0 Å². The average molecular weight is 245 g/mol. The highest BCUT2D eigenvalue weighted by atomic mass is 32.2. The molecule has 94 valence electrons. The van der Waals surface area contributed by atoms with Gasteiger partial charge in [0.15, 0.2) is 0 Å². The number of esters is 1. The molecule has 4 heteroatoms. The quantitative estimate of drug-likeness (QED) is 0.525. The molecule has 0 saturated heterocycles. The van der Waals surface area contributed by atoms with E-state index in [-0.39, 0.29) is 5.97 Å². The first-order valence-electron chi connectivity index (χ1n) is 6.14. The molecule has 1 N–H and O–H groups in total. The molecular weight excluding hydrogens is 222 g/mol. The molecule has 16 heavy (non-hydrogen) atoms. The number of rotatable bonds is 8. The molecule has 1 aliphatic rings. The first-order valence-corrected chi connectivity index (χ1v) is 7.36. The van der Waals surface area contributed by atoms with E-state index in [1.807, 2.05) is 11.8 Å². The highest BCUT2D eigenvalue weighted by Crippen LogP contribution is 2.41. The van der Waals surface area contributed by atoms with Gasteiger partial charge in [0.05, 0.1) is 13.2 Å². The molecule has 0 aromatic rings. The van der Waals surface area contributed by atoms with Gasteiger partial charge in [0, 0.05) is 11.3 Å². The van der Waals surface area contributed by atoms with Crippen molar-refractivity contribution in [1.29, 1.82) is 0 Å². The van der Waals surface area contributed by atoms with Crippen molar-refractivity contribution in [3.8, 4) is 0 Å². The molecule has 0 radical (unpaired) electrons. The first-order chi connectivity index (χ1) is 7.72. The molecule has 0 heterocycles. The van der Waals surface area contributed by atoms with Crippen LogP contribution in [0.15, 0.2) is 0 Å². The Kier molecular flexibility index (Phi) is 6.21. The third-order valence-electron chi connectivity index (χ3n) is 3.18. The highest BCUT2D eigenvalue weighted by Gasteiger charge is 2.35. The number of thioether (sulfide) groups is 1. The molecular formula is C12H23NO2S. The molecule has 1 rings (SSSR count). The van der Waals surface area contributed by atoms with Gasteiger partial charge in [0.1, 0.15) is 0 Å². The lowest BCUT2D eigenvalue weighted by Crippen LogP contribution is -2.44. The van der Waals surface area contributed by atoms with Crippen molar-refractivity contribution in [2.75, 3.05) is 26.0 Å². The SMILES string of the molecule is CCCCOC(=O)CNCC1(SC)CCC1. The lowest BCUT2D eigenvalue weighted by Gasteiger charge is -2.40. The Hall–Kier alpha value is -0.220. The average Bonchev–Trinajstić information content (AvgIpc) is 2.22. The van der Waals surface area contributed by atoms with Crippen LogP contribution >= 0.6 is 11.8 Å². The van der Waals surface area contributed by atoms with Gasteiger partial charge in [0.25, 0.3) is 0 Å². The van der Waals surface area contributed by atoms with E-state index in [9.17, 15) is 4.79 Å². The van der Waals surface area contributed by atoms with Crippen molar-refractivity contribution in [1.82, 2.24) is 5.32 Å². The van der Waals surface area contributed by atoms with Crippen molar-refractivity contribution in [3.63, 3.8) is 0 Å². The Labute approximate surface area is 103 Å². The van der Waals surface area contributed by atoms with Gasteiger partial charge in [-0.2, -0.15) is 11.8 Å². The number of ether oxygens (including phenoxy) is 1. The topological polar surface area (TPSA) is 38.3 Å². The van der Waals surface area contributed by atoms with Crippen molar-refractivity contribution in [2.45, 2.75) is 43.8 Å². The summed E-state index contributed by atoms with van der Waals surface area (Å²) in [4.78, 5) is 11.3. The number of carbonyl (C=O) groups excluding carboxylic acids is 1. The van der Waals surface area contributed by atoms with Gasteiger partial charge in [-0.25, -0.2) is 0 Å². The number of hydrogen-bond donors (Lipinski definition) is 1. The lowest BCUT2D eigenvalue weighted by molar-refractivity contribution is -0.142. The first kappa shape index (κ1) is 13.8. The second-order valence-corrected chi connectivity index (χ2v) is 5.69. The van der Waals surface area contributed by atoms with Crippen LogP contribution in [0.4, 0.5) is 0 Å². The third-order valence-corrected chi connectivity index (χ3v) is 4.59. The molecule has 0 bridgehead atoms. The maximum atomic E-state index is 11.3. The van der Waals surface area contributed by atoms with Crippen LogP contribution in [-0.4, -0.2) is 36.7 Å². The van der Waals surface area contributed by atoms with Crippen molar-refractivity contribution in [2.24, 2.45) is 0 Å². The Bertz CT molecular complexity index is 212. The van der Waals surface area contributed by atoms with Crippen LogP contribution in [0.2, 0.25) is 0 Å². The van der Waals surface area contributed by atoms with Gasteiger partial charge in [-0.05, 0) is 25.5 Å². The highest BCUT2D eigenvalue weighted by molar-refractivity contribution is 8.00. The summed E-state index contributed by atoms with van der Waals surface area (Å²) >= 11 is 1.92. The molecule has 0 unspecified atom stereocenters. The van der Waals surface area contributed by atoms with Crippen LogP contribution in [0.1, 0.15) is 39.0 Å². The van der Waals surface area contributed by atoms with Crippen molar-refractivity contribution >= 4 is 17.7 Å². The van der Waals surface area contributed by atoms with Gasteiger partial charge < -0.3 is 10.1 Å². The Morgan fingerprint density at radius 1 is 1.50 bits per heavy atom. The van der Waals surface area contributed by atoms with Crippen LogP contribution < -0.4 is 5.32 Å². The van der Waals surface area contributed by atoms with E-state index in [0.717, 1.165) is 19.4 Å². The molecule has 0 spiro atoms. The summed E-state index contributed by atoms with van der Waals surface area (Å²) in [6, 6.07) is 0. The molecule has 1 fully saturated rings. The summed E-state index contributed by atoms with van der Waals surface area (Å²) in [5, 5.41) is 3.21. The van der Waals surface area contributed by atoms with Crippen LogP contribution in [-0.2, 0) is 9.53 Å². The maximum Gasteiger partial charge on any atom is 0.319 e. The summed E-state index contributed by atoms with van der Waals surface area (Å²) in [7, 11) is 0. The van der Waals surface area contributed by atoms with Gasteiger partial charge >= 0.3 is 5.97 Å². The maximum absolute atomic E-state index is 11.3.